The SMILES string of the molecule is CCS(=O)(=O)c1ccc(S(=O)(=O)CC)[n+]([O-])n1. The monoisotopic (exact) mass is 280 g/mol. The molecule has 1 rings (SSSR count). The van der Waals surface area contributed by atoms with Gasteiger partial charge in [0, 0.05) is 11.2 Å². The summed E-state index contributed by atoms with van der Waals surface area (Å²) in [5.74, 6) is -0.462. The topological polar surface area (TPSA) is 108 Å². The second-order valence-corrected chi connectivity index (χ2v) is 7.64. The molecule has 1 aromatic heterocycles. The van der Waals surface area contributed by atoms with Gasteiger partial charge in [0.15, 0.2) is 0 Å². The average molecular weight is 280 g/mol. The fourth-order valence-corrected chi connectivity index (χ4v) is 2.68. The highest BCUT2D eigenvalue weighted by Gasteiger charge is 2.26. The van der Waals surface area contributed by atoms with E-state index in [0.717, 1.165) is 12.1 Å². The molecule has 0 aliphatic carbocycles. The summed E-state index contributed by atoms with van der Waals surface area (Å²) in [5.41, 5.74) is 0. The normalized spacial score (nSPS) is 12.6. The number of rotatable bonds is 4. The lowest BCUT2D eigenvalue weighted by molar-refractivity contribution is -0.711. The summed E-state index contributed by atoms with van der Waals surface area (Å²) in [4.78, 5) is -0.165. The lowest BCUT2D eigenvalue weighted by atomic mass is 10.6. The molecule has 96 valence electrons. The van der Waals surface area contributed by atoms with Gasteiger partial charge in [-0.1, -0.05) is 13.8 Å². The third-order valence-corrected chi connectivity index (χ3v) is 5.45. The van der Waals surface area contributed by atoms with Crippen LogP contribution < -0.4 is 4.85 Å². The minimum Gasteiger partial charge on any atom is -0.593 e. The van der Waals surface area contributed by atoms with Crippen LogP contribution in [-0.2, 0) is 19.7 Å². The Hall–Kier alpha value is -1.22. The summed E-state index contributed by atoms with van der Waals surface area (Å²) in [6.45, 7) is 2.79. The van der Waals surface area contributed by atoms with Gasteiger partial charge in [0.2, 0.25) is 24.7 Å². The first-order chi connectivity index (χ1) is 7.74. The molecule has 1 heterocycles. The van der Waals surface area contributed by atoms with Gasteiger partial charge >= 0.3 is 5.03 Å². The zero-order valence-corrected chi connectivity index (χ0v) is 11.0. The van der Waals surface area contributed by atoms with Crippen molar-refractivity contribution in [2.45, 2.75) is 23.9 Å². The molecule has 17 heavy (non-hydrogen) atoms. The molecule has 0 unspecified atom stereocenters. The van der Waals surface area contributed by atoms with Crippen LogP contribution in [0.5, 0.6) is 0 Å². The number of nitrogens with zero attached hydrogens (tertiary/aromatic N) is 2. The predicted molar refractivity (Wildman–Crippen MR) is 58.7 cm³/mol. The Morgan fingerprint density at radius 1 is 1.12 bits per heavy atom. The summed E-state index contributed by atoms with van der Waals surface area (Å²) >= 11 is 0. The van der Waals surface area contributed by atoms with Crippen molar-refractivity contribution < 1.29 is 21.7 Å². The van der Waals surface area contributed by atoms with Crippen molar-refractivity contribution in [3.05, 3.63) is 17.3 Å². The molecular weight excluding hydrogens is 268 g/mol. The van der Waals surface area contributed by atoms with E-state index in [1.54, 1.807) is 0 Å². The van der Waals surface area contributed by atoms with E-state index >= 15 is 0 Å². The Balaban J connectivity index is 3.40. The molecule has 1 aromatic rings. The van der Waals surface area contributed by atoms with E-state index in [4.69, 9.17) is 0 Å². The van der Waals surface area contributed by atoms with Crippen molar-refractivity contribution >= 4 is 19.7 Å². The highest BCUT2D eigenvalue weighted by Crippen LogP contribution is 2.09. The zero-order valence-electron chi connectivity index (χ0n) is 9.32. The Bertz CT molecular complexity index is 621. The number of hydrogen-bond donors (Lipinski definition) is 0. The van der Waals surface area contributed by atoms with Gasteiger partial charge in [0.1, 0.15) is 0 Å². The molecule has 0 radical (unpaired) electrons. The van der Waals surface area contributed by atoms with Gasteiger partial charge in [-0.2, -0.15) is 0 Å². The molecule has 0 aliphatic rings. The van der Waals surface area contributed by atoms with Crippen molar-refractivity contribution in [3.8, 4) is 0 Å². The molecule has 0 atom stereocenters. The van der Waals surface area contributed by atoms with E-state index in [1.165, 1.54) is 13.8 Å². The highest BCUT2D eigenvalue weighted by atomic mass is 32.2. The molecule has 0 N–H and O–H groups in total. The van der Waals surface area contributed by atoms with Crippen LogP contribution in [0.15, 0.2) is 22.2 Å². The summed E-state index contributed by atoms with van der Waals surface area (Å²) in [7, 11) is -7.32. The number of sulfone groups is 2. The van der Waals surface area contributed by atoms with Crippen molar-refractivity contribution in [1.82, 2.24) is 5.10 Å². The molecule has 0 spiro atoms. The number of aromatic nitrogens is 2. The second kappa shape index (κ2) is 4.57. The van der Waals surface area contributed by atoms with Crippen LogP contribution in [0.3, 0.4) is 0 Å². The van der Waals surface area contributed by atoms with Gasteiger partial charge in [0.05, 0.1) is 11.5 Å². The van der Waals surface area contributed by atoms with Crippen LogP contribution in [0, 0.1) is 5.21 Å². The lowest BCUT2D eigenvalue weighted by Gasteiger charge is -2.03. The van der Waals surface area contributed by atoms with Gasteiger partial charge in [-0.25, -0.2) is 16.8 Å². The maximum atomic E-state index is 11.4. The smallest absolute Gasteiger partial charge is 0.335 e. The first-order valence-electron chi connectivity index (χ1n) is 4.81. The predicted octanol–water partition coefficient (Wildman–Crippen LogP) is -0.698. The highest BCUT2D eigenvalue weighted by molar-refractivity contribution is 7.91. The zero-order chi connectivity index (χ0) is 13.3. The third kappa shape index (κ3) is 2.72. The molecule has 9 heteroatoms. The maximum Gasteiger partial charge on any atom is 0.335 e. The molecule has 7 nitrogen and oxygen atoms in total. The van der Waals surface area contributed by atoms with Gasteiger partial charge in [-0.15, -0.1) is 0 Å². The minimum absolute atomic E-state index is 0.165. The van der Waals surface area contributed by atoms with Crippen LogP contribution in [-0.4, -0.2) is 33.4 Å². The Morgan fingerprint density at radius 3 is 2.06 bits per heavy atom. The summed E-state index contributed by atoms with van der Waals surface area (Å²) < 4.78 is 45.7. The summed E-state index contributed by atoms with van der Waals surface area (Å²) in [6.07, 6.45) is 0. The summed E-state index contributed by atoms with van der Waals surface area (Å²) in [5, 5.41) is 13.6. The maximum absolute atomic E-state index is 11.4. The lowest BCUT2D eigenvalue weighted by Crippen LogP contribution is -2.39. The Labute approximate surface area is 99.5 Å². The molecular formula is C8H12N2O5S2. The first-order valence-corrected chi connectivity index (χ1v) is 8.11. The van der Waals surface area contributed by atoms with E-state index in [2.05, 4.69) is 5.10 Å². The quantitative estimate of drug-likeness (QED) is 0.533. The van der Waals surface area contributed by atoms with Gasteiger partial charge in [-0.3, -0.25) is 0 Å². The minimum atomic E-state index is -3.70. The second-order valence-electron chi connectivity index (χ2n) is 3.19. The molecule has 0 amide bonds. The standard InChI is InChI=1S/C8H12N2O5S2/c1-3-16(12,13)7-5-6-8(10(11)9-7)17(14,15)4-2/h5-6H,3-4H2,1-2H3. The van der Waals surface area contributed by atoms with E-state index in [-0.39, 0.29) is 16.4 Å². The van der Waals surface area contributed by atoms with Gasteiger partial charge < -0.3 is 5.21 Å². The van der Waals surface area contributed by atoms with Crippen LogP contribution in [0.25, 0.3) is 0 Å². The summed E-state index contributed by atoms with van der Waals surface area (Å²) in [6, 6.07) is 1.98. The molecule has 0 fully saturated rings. The van der Waals surface area contributed by atoms with Crippen LogP contribution in [0.2, 0.25) is 0 Å². The third-order valence-electron chi connectivity index (χ3n) is 2.14. The molecule has 0 aromatic carbocycles. The molecule has 0 saturated carbocycles. The van der Waals surface area contributed by atoms with Crippen molar-refractivity contribution in [1.29, 1.82) is 0 Å². The number of hydrogen-bond acceptors (Lipinski definition) is 6. The van der Waals surface area contributed by atoms with E-state index in [0.29, 0.717) is 0 Å². The van der Waals surface area contributed by atoms with Gasteiger partial charge in [0.25, 0.3) is 0 Å². The first kappa shape index (κ1) is 13.8. The molecule has 0 bridgehead atoms. The van der Waals surface area contributed by atoms with E-state index < -0.39 is 29.7 Å². The van der Waals surface area contributed by atoms with E-state index in [9.17, 15) is 22.0 Å². The fourth-order valence-electron chi connectivity index (χ4n) is 1.06. The average Bonchev–Trinajstić information content (AvgIpc) is 2.28. The molecule has 0 aliphatic heterocycles. The van der Waals surface area contributed by atoms with Crippen LogP contribution in [0.4, 0.5) is 0 Å². The van der Waals surface area contributed by atoms with Crippen molar-refractivity contribution in [2.24, 2.45) is 0 Å². The Morgan fingerprint density at radius 2 is 1.65 bits per heavy atom. The van der Waals surface area contributed by atoms with Crippen molar-refractivity contribution in [3.63, 3.8) is 0 Å². The van der Waals surface area contributed by atoms with E-state index in [1.807, 2.05) is 0 Å². The fraction of sp³-hybridized carbons (Fsp3) is 0.500. The largest absolute Gasteiger partial charge is 0.593 e. The van der Waals surface area contributed by atoms with Crippen LogP contribution >= 0.6 is 0 Å². The molecule has 0 saturated heterocycles. The van der Waals surface area contributed by atoms with Crippen molar-refractivity contribution in [2.75, 3.05) is 11.5 Å². The Kier molecular flexibility index (Phi) is 3.72. The van der Waals surface area contributed by atoms with Crippen LogP contribution in [0.1, 0.15) is 13.8 Å². The van der Waals surface area contributed by atoms with Gasteiger partial charge in [-0.05, 0) is 10.9 Å².